The molecule has 0 saturated carbocycles. The van der Waals surface area contributed by atoms with E-state index in [-0.39, 0.29) is 24.7 Å². The van der Waals surface area contributed by atoms with Crippen molar-refractivity contribution >= 4 is 6.03 Å². The van der Waals surface area contributed by atoms with Crippen molar-refractivity contribution in [1.29, 1.82) is 0 Å². The monoisotopic (exact) mass is 318 g/mol. The summed E-state index contributed by atoms with van der Waals surface area (Å²) in [6.45, 7) is 7.34. The molecule has 0 aromatic heterocycles. The van der Waals surface area contributed by atoms with Gasteiger partial charge in [0, 0.05) is 44.3 Å². The van der Waals surface area contributed by atoms with Crippen LogP contribution in [-0.2, 0) is 0 Å². The van der Waals surface area contributed by atoms with Crippen molar-refractivity contribution in [2.45, 2.75) is 57.7 Å². The molecule has 7 heteroatoms. The molecule has 128 valence electrons. The van der Waals surface area contributed by atoms with E-state index in [1.54, 1.807) is 4.90 Å². The highest BCUT2D eigenvalue weighted by Crippen LogP contribution is 2.14. The zero-order valence-corrected chi connectivity index (χ0v) is 13.5. The van der Waals surface area contributed by atoms with E-state index in [0.29, 0.717) is 19.1 Å². The second-order valence-electron chi connectivity index (χ2n) is 6.66. The first-order valence-electron chi connectivity index (χ1n) is 8.25. The van der Waals surface area contributed by atoms with Crippen LogP contribution in [0.3, 0.4) is 0 Å². The van der Waals surface area contributed by atoms with Crippen molar-refractivity contribution in [2.75, 3.05) is 32.7 Å². The largest absolute Gasteiger partial charge is 0.335 e. The molecule has 2 rings (SSSR count). The van der Waals surface area contributed by atoms with Crippen LogP contribution < -0.4 is 10.6 Å². The van der Waals surface area contributed by atoms with Crippen LogP contribution in [0.4, 0.5) is 13.6 Å². The Hall–Kier alpha value is -0.950. The molecule has 5 nitrogen and oxygen atoms in total. The summed E-state index contributed by atoms with van der Waals surface area (Å²) in [5.41, 5.74) is 0. The number of likely N-dealkylation sites (tertiary alicyclic amines) is 2. The molecule has 1 atom stereocenters. The summed E-state index contributed by atoms with van der Waals surface area (Å²) >= 11 is 0. The number of hydrogen-bond donors (Lipinski definition) is 2. The second kappa shape index (κ2) is 8.06. The summed E-state index contributed by atoms with van der Waals surface area (Å²) in [5.74, 6) is 0. The van der Waals surface area contributed by atoms with Gasteiger partial charge in [-0.15, -0.1) is 0 Å². The fraction of sp³-hybridized carbons (Fsp3) is 0.933. The first-order chi connectivity index (χ1) is 10.4. The molecular weight excluding hydrogens is 290 g/mol. The predicted octanol–water partition coefficient (Wildman–Crippen LogP) is 1.50. The zero-order valence-electron chi connectivity index (χ0n) is 13.5. The smallest absolute Gasteiger partial charge is 0.315 e. The molecule has 2 amide bonds. The number of nitrogens with zero attached hydrogens (tertiary/aromatic N) is 2. The first-order valence-corrected chi connectivity index (χ1v) is 8.25. The molecule has 2 saturated heterocycles. The number of amides is 2. The molecule has 0 aliphatic carbocycles. The molecule has 2 aliphatic rings. The molecule has 0 radical (unpaired) electrons. The number of urea groups is 1. The van der Waals surface area contributed by atoms with Gasteiger partial charge in [0.25, 0.3) is 6.43 Å². The number of carbonyl (C=O) groups is 1. The normalized spacial score (nSPS) is 25.1. The lowest BCUT2D eigenvalue weighted by Gasteiger charge is -2.32. The van der Waals surface area contributed by atoms with Crippen LogP contribution in [-0.4, -0.2) is 73.1 Å². The van der Waals surface area contributed by atoms with Gasteiger partial charge in [0.15, 0.2) is 0 Å². The van der Waals surface area contributed by atoms with E-state index in [9.17, 15) is 13.6 Å². The number of piperidine rings is 1. The lowest BCUT2D eigenvalue weighted by atomic mass is 10.1. The first kappa shape index (κ1) is 17.4. The summed E-state index contributed by atoms with van der Waals surface area (Å²) < 4.78 is 24.6. The van der Waals surface area contributed by atoms with Crippen LogP contribution in [0.15, 0.2) is 0 Å². The van der Waals surface area contributed by atoms with Gasteiger partial charge in [-0.2, -0.15) is 0 Å². The van der Waals surface area contributed by atoms with E-state index in [4.69, 9.17) is 0 Å². The molecule has 2 N–H and O–H groups in total. The zero-order chi connectivity index (χ0) is 16.1. The van der Waals surface area contributed by atoms with E-state index in [2.05, 4.69) is 29.4 Å². The van der Waals surface area contributed by atoms with E-state index in [1.165, 1.54) is 0 Å². The number of hydrogen-bond acceptors (Lipinski definition) is 3. The standard InChI is InChI=1S/C15H28F2N4O/c1-11(2)21-8-5-13(9-21)19-15(22)18-12-3-6-20(7-4-12)10-14(16)17/h11-14H,3-10H2,1-2H3,(H2,18,19,22)/t13-/m0/s1. The summed E-state index contributed by atoms with van der Waals surface area (Å²) in [7, 11) is 0. The van der Waals surface area contributed by atoms with Gasteiger partial charge in [-0.1, -0.05) is 0 Å². The molecular formula is C15H28F2N4O. The minimum absolute atomic E-state index is 0.0940. The van der Waals surface area contributed by atoms with Crippen LogP contribution >= 0.6 is 0 Å². The summed E-state index contributed by atoms with van der Waals surface area (Å²) in [4.78, 5) is 16.1. The van der Waals surface area contributed by atoms with Gasteiger partial charge in [0.2, 0.25) is 0 Å². The van der Waals surface area contributed by atoms with Crippen molar-refractivity contribution in [3.8, 4) is 0 Å². The highest BCUT2D eigenvalue weighted by atomic mass is 19.3. The average Bonchev–Trinajstić information content (AvgIpc) is 2.89. The molecule has 2 fully saturated rings. The van der Waals surface area contributed by atoms with Gasteiger partial charge in [-0.25, -0.2) is 13.6 Å². The number of rotatable bonds is 5. The molecule has 0 unspecified atom stereocenters. The lowest BCUT2D eigenvalue weighted by molar-refractivity contribution is 0.0736. The quantitative estimate of drug-likeness (QED) is 0.807. The van der Waals surface area contributed by atoms with Gasteiger partial charge in [0.05, 0.1) is 6.54 Å². The van der Waals surface area contributed by atoms with Crippen molar-refractivity contribution in [2.24, 2.45) is 0 Å². The highest BCUT2D eigenvalue weighted by Gasteiger charge is 2.27. The maximum atomic E-state index is 12.3. The third-order valence-corrected chi connectivity index (χ3v) is 4.60. The SMILES string of the molecule is CC(C)N1CC[C@H](NC(=O)NC2CCN(CC(F)F)CC2)C1. The van der Waals surface area contributed by atoms with Crippen molar-refractivity contribution in [3.63, 3.8) is 0 Å². The maximum Gasteiger partial charge on any atom is 0.315 e. The van der Waals surface area contributed by atoms with Crippen molar-refractivity contribution < 1.29 is 13.6 Å². The highest BCUT2D eigenvalue weighted by molar-refractivity contribution is 5.74. The van der Waals surface area contributed by atoms with Crippen LogP contribution in [0.5, 0.6) is 0 Å². The summed E-state index contributed by atoms with van der Waals surface area (Å²) in [6.07, 6.45) is 0.184. The predicted molar refractivity (Wildman–Crippen MR) is 82.2 cm³/mol. The van der Waals surface area contributed by atoms with Crippen LogP contribution in [0.2, 0.25) is 0 Å². The van der Waals surface area contributed by atoms with Gasteiger partial charge in [0.1, 0.15) is 0 Å². The Morgan fingerprint density at radius 2 is 1.68 bits per heavy atom. The van der Waals surface area contributed by atoms with Crippen LogP contribution in [0.1, 0.15) is 33.1 Å². The number of halogens is 2. The molecule has 0 spiro atoms. The van der Waals surface area contributed by atoms with Gasteiger partial charge in [-0.3, -0.25) is 9.80 Å². The lowest BCUT2D eigenvalue weighted by Crippen LogP contribution is -2.51. The van der Waals surface area contributed by atoms with Crippen molar-refractivity contribution in [1.82, 2.24) is 20.4 Å². The van der Waals surface area contributed by atoms with E-state index >= 15 is 0 Å². The molecule has 22 heavy (non-hydrogen) atoms. The molecule has 2 aliphatic heterocycles. The molecule has 0 aromatic rings. The fourth-order valence-corrected chi connectivity index (χ4v) is 3.24. The summed E-state index contributed by atoms with van der Waals surface area (Å²) in [6, 6.07) is 0.690. The van der Waals surface area contributed by atoms with Crippen LogP contribution in [0, 0.1) is 0 Å². The number of nitrogens with one attached hydrogen (secondary N) is 2. The Labute approximate surface area is 131 Å². The van der Waals surface area contributed by atoms with E-state index in [0.717, 1.165) is 32.4 Å². The number of alkyl halides is 2. The third-order valence-electron chi connectivity index (χ3n) is 4.60. The van der Waals surface area contributed by atoms with Crippen LogP contribution in [0.25, 0.3) is 0 Å². The Kier molecular flexibility index (Phi) is 6.37. The second-order valence-corrected chi connectivity index (χ2v) is 6.66. The Morgan fingerprint density at radius 3 is 2.23 bits per heavy atom. The van der Waals surface area contributed by atoms with Gasteiger partial charge < -0.3 is 10.6 Å². The number of carbonyl (C=O) groups excluding carboxylic acids is 1. The average molecular weight is 318 g/mol. The topological polar surface area (TPSA) is 47.6 Å². The fourth-order valence-electron chi connectivity index (χ4n) is 3.24. The molecule has 2 heterocycles. The minimum atomic E-state index is -2.28. The Morgan fingerprint density at radius 1 is 1.09 bits per heavy atom. The van der Waals surface area contributed by atoms with E-state index in [1.807, 2.05) is 0 Å². The Bertz CT molecular complexity index is 359. The summed E-state index contributed by atoms with van der Waals surface area (Å²) in [5, 5.41) is 6.01. The van der Waals surface area contributed by atoms with E-state index < -0.39 is 6.43 Å². The van der Waals surface area contributed by atoms with Crippen molar-refractivity contribution in [3.05, 3.63) is 0 Å². The minimum Gasteiger partial charge on any atom is -0.335 e. The molecule has 0 aromatic carbocycles. The van der Waals surface area contributed by atoms with Gasteiger partial charge in [-0.05, 0) is 33.1 Å². The van der Waals surface area contributed by atoms with Gasteiger partial charge >= 0.3 is 6.03 Å². The molecule has 0 bridgehead atoms. The maximum absolute atomic E-state index is 12.3. The third kappa shape index (κ3) is 5.35. The Balaban J connectivity index is 1.64.